The number of rotatable bonds is 6. The average Bonchev–Trinajstić information content (AvgIpc) is 3.31. The van der Waals surface area contributed by atoms with Gasteiger partial charge in [-0.15, -0.1) is 0 Å². The van der Waals surface area contributed by atoms with Crippen molar-refractivity contribution in [3.05, 3.63) is 46.0 Å². The number of nitrogens with zero attached hydrogens (tertiary/aromatic N) is 1. The second-order valence-electron chi connectivity index (χ2n) is 5.73. The van der Waals surface area contributed by atoms with Gasteiger partial charge in [-0.3, -0.25) is 10.1 Å². The topological polar surface area (TPSA) is 64.4 Å². The number of nitrogens with one attached hydrogen (secondary N) is 1. The van der Waals surface area contributed by atoms with Crippen molar-refractivity contribution in [3.63, 3.8) is 0 Å². The van der Waals surface area contributed by atoms with Gasteiger partial charge in [-0.2, -0.15) is 0 Å². The lowest BCUT2D eigenvalue weighted by Crippen LogP contribution is -2.17. The molecule has 5 heteroatoms. The van der Waals surface area contributed by atoms with Crippen molar-refractivity contribution in [1.29, 1.82) is 0 Å². The first-order chi connectivity index (χ1) is 10.2. The molecule has 2 aliphatic carbocycles. The van der Waals surface area contributed by atoms with E-state index in [0.717, 1.165) is 24.8 Å². The molecule has 1 aromatic carbocycles. The van der Waals surface area contributed by atoms with Gasteiger partial charge in [0, 0.05) is 18.7 Å². The van der Waals surface area contributed by atoms with E-state index in [1.165, 1.54) is 12.8 Å². The highest BCUT2D eigenvalue weighted by atomic mass is 16.6. The minimum Gasteiger partial charge on any atom is -0.479 e. The molecule has 0 saturated heterocycles. The van der Waals surface area contributed by atoms with Gasteiger partial charge in [0.15, 0.2) is 5.75 Å². The van der Waals surface area contributed by atoms with Gasteiger partial charge in [0.1, 0.15) is 6.10 Å². The molecule has 1 fully saturated rings. The number of hydrogen-bond donors (Lipinski definition) is 1. The molecule has 21 heavy (non-hydrogen) atoms. The van der Waals surface area contributed by atoms with Crippen LogP contribution in [0.1, 0.15) is 37.7 Å². The zero-order valence-corrected chi connectivity index (χ0v) is 12.0. The van der Waals surface area contributed by atoms with Crippen molar-refractivity contribution >= 4 is 5.69 Å². The van der Waals surface area contributed by atoms with Crippen LogP contribution in [0.15, 0.2) is 30.4 Å². The van der Waals surface area contributed by atoms with E-state index in [4.69, 9.17) is 4.74 Å². The summed E-state index contributed by atoms with van der Waals surface area (Å²) in [5.41, 5.74) is 0.990. The summed E-state index contributed by atoms with van der Waals surface area (Å²) in [4.78, 5) is 10.9. The molecule has 0 aromatic heterocycles. The van der Waals surface area contributed by atoms with Crippen molar-refractivity contribution < 1.29 is 9.66 Å². The number of ether oxygens (including phenoxy) is 1. The summed E-state index contributed by atoms with van der Waals surface area (Å²) in [6.45, 7) is 0.676. The SMILES string of the molecule is O=[N+]([O-])c1cc(CNC2CC2)ccc1OC1C=CCCC1. The Kier molecular flexibility index (Phi) is 4.20. The van der Waals surface area contributed by atoms with Crippen LogP contribution in [0.2, 0.25) is 0 Å². The van der Waals surface area contributed by atoms with Gasteiger partial charge in [0.2, 0.25) is 0 Å². The number of nitro groups is 1. The van der Waals surface area contributed by atoms with E-state index in [9.17, 15) is 10.1 Å². The van der Waals surface area contributed by atoms with Gasteiger partial charge in [-0.25, -0.2) is 0 Å². The fraction of sp³-hybridized carbons (Fsp3) is 0.500. The van der Waals surface area contributed by atoms with Gasteiger partial charge in [-0.1, -0.05) is 12.1 Å². The highest BCUT2D eigenvalue weighted by Crippen LogP contribution is 2.31. The number of hydrogen-bond acceptors (Lipinski definition) is 4. The normalized spacial score (nSPS) is 21.2. The Hall–Kier alpha value is -1.88. The summed E-state index contributed by atoms with van der Waals surface area (Å²) in [6, 6.07) is 5.85. The molecule has 1 aromatic rings. The Bertz CT molecular complexity index is 552. The predicted molar refractivity (Wildman–Crippen MR) is 80.4 cm³/mol. The van der Waals surface area contributed by atoms with Crippen LogP contribution in [0.5, 0.6) is 5.75 Å². The van der Waals surface area contributed by atoms with Crippen molar-refractivity contribution in [2.24, 2.45) is 0 Å². The molecule has 112 valence electrons. The van der Waals surface area contributed by atoms with Gasteiger partial charge < -0.3 is 10.1 Å². The summed E-state index contributed by atoms with van der Waals surface area (Å²) >= 11 is 0. The summed E-state index contributed by atoms with van der Waals surface area (Å²) in [5, 5.41) is 14.6. The Morgan fingerprint density at radius 3 is 2.86 bits per heavy atom. The zero-order chi connectivity index (χ0) is 14.7. The van der Waals surface area contributed by atoms with Gasteiger partial charge in [-0.05, 0) is 49.8 Å². The summed E-state index contributed by atoms with van der Waals surface area (Å²) in [6.07, 6.45) is 9.48. The molecule has 1 N–H and O–H groups in total. The van der Waals surface area contributed by atoms with Crippen molar-refractivity contribution in [2.75, 3.05) is 0 Å². The maximum absolute atomic E-state index is 11.3. The Morgan fingerprint density at radius 1 is 1.33 bits per heavy atom. The minimum absolute atomic E-state index is 0.0483. The van der Waals surface area contributed by atoms with Gasteiger partial charge >= 0.3 is 5.69 Å². The molecule has 2 aliphatic rings. The molecular formula is C16H20N2O3. The van der Waals surface area contributed by atoms with Crippen LogP contribution >= 0.6 is 0 Å². The van der Waals surface area contributed by atoms with E-state index in [-0.39, 0.29) is 16.7 Å². The monoisotopic (exact) mass is 288 g/mol. The number of nitro benzene ring substituents is 1. The quantitative estimate of drug-likeness (QED) is 0.495. The molecule has 0 aliphatic heterocycles. The van der Waals surface area contributed by atoms with Crippen molar-refractivity contribution in [1.82, 2.24) is 5.32 Å². The van der Waals surface area contributed by atoms with E-state index < -0.39 is 0 Å². The largest absolute Gasteiger partial charge is 0.479 e. The summed E-state index contributed by atoms with van der Waals surface area (Å²) < 4.78 is 5.79. The molecular weight excluding hydrogens is 268 g/mol. The lowest BCUT2D eigenvalue weighted by atomic mass is 10.1. The van der Waals surface area contributed by atoms with Crippen LogP contribution in [-0.4, -0.2) is 17.1 Å². The third kappa shape index (κ3) is 3.82. The van der Waals surface area contributed by atoms with E-state index >= 15 is 0 Å². The molecule has 0 heterocycles. The smallest absolute Gasteiger partial charge is 0.311 e. The van der Waals surface area contributed by atoms with Crippen LogP contribution in [-0.2, 0) is 6.54 Å². The molecule has 0 spiro atoms. The maximum atomic E-state index is 11.3. The number of benzene rings is 1. The third-order valence-electron chi connectivity index (χ3n) is 3.88. The molecule has 1 atom stereocenters. The maximum Gasteiger partial charge on any atom is 0.311 e. The molecule has 3 rings (SSSR count). The predicted octanol–water partition coefficient (Wildman–Crippen LogP) is 3.33. The highest BCUT2D eigenvalue weighted by Gasteiger charge is 2.22. The molecule has 1 saturated carbocycles. The first-order valence-electron chi connectivity index (χ1n) is 7.56. The second-order valence-corrected chi connectivity index (χ2v) is 5.73. The van der Waals surface area contributed by atoms with Crippen LogP contribution in [0.25, 0.3) is 0 Å². The van der Waals surface area contributed by atoms with E-state index in [0.29, 0.717) is 18.3 Å². The van der Waals surface area contributed by atoms with Crippen LogP contribution in [0, 0.1) is 10.1 Å². The highest BCUT2D eigenvalue weighted by molar-refractivity contribution is 5.49. The molecule has 5 nitrogen and oxygen atoms in total. The zero-order valence-electron chi connectivity index (χ0n) is 12.0. The fourth-order valence-electron chi connectivity index (χ4n) is 2.51. The lowest BCUT2D eigenvalue weighted by molar-refractivity contribution is -0.386. The summed E-state index contributed by atoms with van der Waals surface area (Å²) in [5.74, 6) is 0.367. The first kappa shape index (κ1) is 14.1. The molecule has 1 unspecified atom stereocenters. The minimum atomic E-state index is -0.359. The molecule has 0 radical (unpaired) electrons. The van der Waals surface area contributed by atoms with E-state index in [1.807, 2.05) is 12.1 Å². The van der Waals surface area contributed by atoms with Crippen molar-refractivity contribution in [3.8, 4) is 5.75 Å². The Morgan fingerprint density at radius 2 is 2.19 bits per heavy atom. The third-order valence-corrected chi connectivity index (χ3v) is 3.88. The lowest BCUT2D eigenvalue weighted by Gasteiger charge is -2.18. The van der Waals surface area contributed by atoms with Crippen LogP contribution < -0.4 is 10.1 Å². The standard InChI is InChI=1S/C16H20N2O3/c19-18(20)15-10-12(11-17-13-7-8-13)6-9-16(15)21-14-4-2-1-3-5-14/h2,4,6,9-10,13-14,17H,1,3,5,7-8,11H2. The molecule has 0 amide bonds. The van der Waals surface area contributed by atoms with Gasteiger partial charge in [0.05, 0.1) is 4.92 Å². The van der Waals surface area contributed by atoms with E-state index in [1.54, 1.807) is 12.1 Å². The average molecular weight is 288 g/mol. The molecule has 0 bridgehead atoms. The summed E-state index contributed by atoms with van der Waals surface area (Å²) in [7, 11) is 0. The second kappa shape index (κ2) is 6.26. The van der Waals surface area contributed by atoms with Crippen LogP contribution in [0.4, 0.5) is 5.69 Å². The van der Waals surface area contributed by atoms with Crippen LogP contribution in [0.3, 0.4) is 0 Å². The van der Waals surface area contributed by atoms with Crippen molar-refractivity contribution in [2.45, 2.75) is 50.8 Å². The van der Waals surface area contributed by atoms with E-state index in [2.05, 4.69) is 11.4 Å². The van der Waals surface area contributed by atoms with Gasteiger partial charge in [0.25, 0.3) is 0 Å². The number of allylic oxidation sites excluding steroid dienone is 1. The Labute approximate surface area is 124 Å². The first-order valence-corrected chi connectivity index (χ1v) is 7.56. The Balaban J connectivity index is 1.73. The fourth-order valence-corrected chi connectivity index (χ4v) is 2.51.